The molecule has 1 atom stereocenters. The highest BCUT2D eigenvalue weighted by atomic mass is 32.2. The Kier molecular flexibility index (Phi) is 3.72. The quantitative estimate of drug-likeness (QED) is 0.618. The van der Waals surface area contributed by atoms with E-state index in [2.05, 4.69) is 4.99 Å². The summed E-state index contributed by atoms with van der Waals surface area (Å²) < 4.78 is 11.4. The van der Waals surface area contributed by atoms with Gasteiger partial charge in [0.15, 0.2) is 11.5 Å². The maximum absolute atomic E-state index is 10.6. The van der Waals surface area contributed by atoms with Crippen molar-refractivity contribution < 1.29 is 14.3 Å². The number of thioether (sulfide) groups is 1. The van der Waals surface area contributed by atoms with Crippen LogP contribution in [-0.4, -0.2) is 30.8 Å². The monoisotopic (exact) mass is 291 g/mol. The molecule has 1 aromatic carbocycles. The largest absolute Gasteiger partial charge is 0.493 e. The zero-order valence-electron chi connectivity index (χ0n) is 11.4. The number of ether oxygens (including phenoxy) is 2. The van der Waals surface area contributed by atoms with Crippen LogP contribution in [0.3, 0.4) is 0 Å². The Morgan fingerprint density at radius 3 is 2.85 bits per heavy atom. The normalized spacial score (nSPS) is 22.9. The summed E-state index contributed by atoms with van der Waals surface area (Å²) in [5.74, 6) is 3.65. The van der Waals surface area contributed by atoms with Crippen molar-refractivity contribution in [1.29, 1.82) is 0 Å². The number of benzene rings is 1. The second-order valence-electron chi connectivity index (χ2n) is 5.20. The third-order valence-corrected chi connectivity index (χ3v) is 5.00. The fourth-order valence-electron chi connectivity index (χ4n) is 2.51. The minimum absolute atomic E-state index is 0.244. The van der Waals surface area contributed by atoms with E-state index in [9.17, 15) is 4.79 Å². The van der Waals surface area contributed by atoms with Crippen molar-refractivity contribution in [2.24, 2.45) is 4.99 Å². The summed E-state index contributed by atoms with van der Waals surface area (Å²) in [5.41, 5.74) is 0.651. The van der Waals surface area contributed by atoms with E-state index in [1.807, 2.05) is 30.0 Å². The van der Waals surface area contributed by atoms with E-state index in [0.717, 1.165) is 47.8 Å². The predicted octanol–water partition coefficient (Wildman–Crippen LogP) is 2.90. The molecule has 2 aliphatic rings. The number of rotatable bonds is 5. The minimum Gasteiger partial charge on any atom is -0.493 e. The lowest BCUT2D eigenvalue weighted by atomic mass is 10.0. The van der Waals surface area contributed by atoms with Crippen LogP contribution in [0.15, 0.2) is 23.2 Å². The Hall–Kier alpha value is -1.45. The molecular weight excluding hydrogens is 274 g/mol. The van der Waals surface area contributed by atoms with Crippen molar-refractivity contribution in [3.05, 3.63) is 23.8 Å². The molecule has 1 aliphatic carbocycles. The van der Waals surface area contributed by atoms with E-state index >= 15 is 0 Å². The number of aliphatic imine (C=N–C) groups is 1. The maximum Gasteiger partial charge on any atom is 0.235 e. The Morgan fingerprint density at radius 2 is 2.25 bits per heavy atom. The van der Waals surface area contributed by atoms with Gasteiger partial charge in [0.1, 0.15) is 6.10 Å². The zero-order valence-corrected chi connectivity index (χ0v) is 12.2. The number of methoxy groups -OCH3 is 1. The molecular formula is C15H17NO3S. The zero-order chi connectivity index (χ0) is 14.0. The van der Waals surface area contributed by atoms with Gasteiger partial charge in [0, 0.05) is 5.75 Å². The van der Waals surface area contributed by atoms with Crippen molar-refractivity contribution in [3.63, 3.8) is 0 Å². The average Bonchev–Trinajstić information content (AvgIpc) is 3.07. The Labute approximate surface area is 122 Å². The lowest BCUT2D eigenvalue weighted by molar-refractivity contribution is 0.218. The molecule has 1 heterocycles. The third-order valence-electron chi connectivity index (χ3n) is 3.87. The number of hydrogen-bond acceptors (Lipinski definition) is 5. The van der Waals surface area contributed by atoms with Crippen LogP contribution in [0.25, 0.3) is 0 Å². The van der Waals surface area contributed by atoms with E-state index < -0.39 is 0 Å². The fraction of sp³-hybridized carbons (Fsp3) is 0.533. The van der Waals surface area contributed by atoms with Gasteiger partial charge in [-0.3, -0.25) is 0 Å². The number of hydrogen-bond donors (Lipinski definition) is 0. The molecule has 4 nitrogen and oxygen atoms in total. The molecule has 0 spiro atoms. The van der Waals surface area contributed by atoms with Crippen LogP contribution in [0.2, 0.25) is 0 Å². The highest BCUT2D eigenvalue weighted by molar-refractivity contribution is 7.99. The van der Waals surface area contributed by atoms with E-state index in [1.54, 1.807) is 13.2 Å². The molecule has 1 aromatic rings. The fourth-order valence-corrected chi connectivity index (χ4v) is 3.61. The summed E-state index contributed by atoms with van der Waals surface area (Å²) in [5, 5.41) is 0. The van der Waals surface area contributed by atoms with Gasteiger partial charge in [0.05, 0.1) is 12.6 Å². The van der Waals surface area contributed by atoms with Gasteiger partial charge in [0.2, 0.25) is 6.08 Å². The Morgan fingerprint density at radius 1 is 1.40 bits per heavy atom. The summed E-state index contributed by atoms with van der Waals surface area (Å²) in [6, 6.07) is 5.83. The van der Waals surface area contributed by atoms with Crippen molar-refractivity contribution >= 4 is 17.8 Å². The van der Waals surface area contributed by atoms with Gasteiger partial charge in [-0.25, -0.2) is 4.79 Å². The van der Waals surface area contributed by atoms with Crippen molar-refractivity contribution in [1.82, 2.24) is 0 Å². The van der Waals surface area contributed by atoms with Crippen LogP contribution in [0.4, 0.5) is 0 Å². The molecule has 2 fully saturated rings. The molecule has 0 bridgehead atoms. The van der Waals surface area contributed by atoms with Crippen LogP contribution >= 0.6 is 11.8 Å². The lowest BCUT2D eigenvalue weighted by Gasteiger charge is -2.18. The topological polar surface area (TPSA) is 47.9 Å². The number of nitrogens with zero attached hydrogens (tertiary/aromatic N) is 1. The van der Waals surface area contributed by atoms with Crippen LogP contribution in [0.1, 0.15) is 24.8 Å². The van der Waals surface area contributed by atoms with Crippen LogP contribution in [0, 0.1) is 0 Å². The Bertz CT molecular complexity index is 544. The van der Waals surface area contributed by atoms with E-state index in [0.29, 0.717) is 0 Å². The standard InChI is InChI=1S/C15H17NO3S/c1-18-13-3-2-11(15(5-6-15)16-10-17)8-14(13)19-12-4-7-20-9-12/h2-3,8,12H,4-7,9H2,1H3. The van der Waals surface area contributed by atoms with Crippen LogP contribution in [0.5, 0.6) is 11.5 Å². The first-order valence-electron chi connectivity index (χ1n) is 6.79. The summed E-state index contributed by atoms with van der Waals surface area (Å²) >= 11 is 1.91. The summed E-state index contributed by atoms with van der Waals surface area (Å²) in [4.78, 5) is 14.5. The molecule has 0 amide bonds. The molecule has 106 valence electrons. The SMILES string of the molecule is COc1ccc(C2(N=C=O)CC2)cc1OC1CCSC1. The minimum atomic E-state index is -0.365. The third kappa shape index (κ3) is 2.56. The highest BCUT2D eigenvalue weighted by Gasteiger charge is 2.45. The molecule has 1 aliphatic heterocycles. The molecule has 3 rings (SSSR count). The van der Waals surface area contributed by atoms with Gasteiger partial charge < -0.3 is 9.47 Å². The molecule has 0 radical (unpaired) electrons. The van der Waals surface area contributed by atoms with Crippen molar-refractivity contribution in [3.8, 4) is 11.5 Å². The first-order valence-corrected chi connectivity index (χ1v) is 7.95. The van der Waals surface area contributed by atoms with E-state index in [4.69, 9.17) is 9.47 Å². The Balaban J connectivity index is 1.88. The molecule has 5 heteroatoms. The van der Waals surface area contributed by atoms with E-state index in [-0.39, 0.29) is 11.6 Å². The van der Waals surface area contributed by atoms with Crippen LogP contribution < -0.4 is 9.47 Å². The molecule has 0 N–H and O–H groups in total. The number of carbonyl (C=O) groups excluding carboxylic acids is 1. The molecule has 0 aromatic heterocycles. The van der Waals surface area contributed by atoms with Gasteiger partial charge in [-0.1, -0.05) is 6.07 Å². The second kappa shape index (κ2) is 5.51. The van der Waals surface area contributed by atoms with Gasteiger partial charge in [-0.2, -0.15) is 16.8 Å². The lowest BCUT2D eigenvalue weighted by Crippen LogP contribution is -2.16. The van der Waals surface area contributed by atoms with Crippen molar-refractivity contribution in [2.75, 3.05) is 18.6 Å². The molecule has 1 saturated heterocycles. The second-order valence-corrected chi connectivity index (χ2v) is 6.35. The first kappa shape index (κ1) is 13.5. The highest BCUT2D eigenvalue weighted by Crippen LogP contribution is 2.50. The van der Waals surface area contributed by atoms with E-state index in [1.165, 1.54) is 0 Å². The average molecular weight is 291 g/mol. The summed E-state index contributed by atoms with van der Waals surface area (Å²) in [7, 11) is 1.64. The van der Waals surface area contributed by atoms with Gasteiger partial charge in [0.25, 0.3) is 0 Å². The smallest absolute Gasteiger partial charge is 0.235 e. The number of isocyanates is 1. The molecule has 20 heavy (non-hydrogen) atoms. The molecule has 1 saturated carbocycles. The van der Waals surface area contributed by atoms with Crippen LogP contribution in [-0.2, 0) is 10.3 Å². The van der Waals surface area contributed by atoms with Gasteiger partial charge in [-0.15, -0.1) is 0 Å². The summed E-state index contributed by atoms with van der Waals surface area (Å²) in [6.45, 7) is 0. The summed E-state index contributed by atoms with van der Waals surface area (Å²) in [6.07, 6.45) is 4.79. The first-order chi connectivity index (χ1) is 9.77. The maximum atomic E-state index is 10.6. The van der Waals surface area contributed by atoms with Crippen molar-refractivity contribution in [2.45, 2.75) is 30.9 Å². The molecule has 1 unspecified atom stereocenters. The van der Waals surface area contributed by atoms with Gasteiger partial charge >= 0.3 is 0 Å². The predicted molar refractivity (Wildman–Crippen MR) is 78.4 cm³/mol. The van der Waals surface area contributed by atoms with Gasteiger partial charge in [-0.05, 0) is 42.7 Å².